The van der Waals surface area contributed by atoms with E-state index in [9.17, 15) is 24.0 Å². The zero-order valence-corrected chi connectivity index (χ0v) is 21.3. The normalized spacial score (nSPS) is 11.2. The highest BCUT2D eigenvalue weighted by molar-refractivity contribution is 6.00. The minimum Gasteiger partial charge on any atom is -0.454 e. The van der Waals surface area contributed by atoms with Crippen LogP contribution in [-0.4, -0.2) is 42.1 Å². The Bertz CT molecular complexity index is 1280. The number of ketones is 2. The molecule has 3 aromatic carbocycles. The van der Waals surface area contributed by atoms with Gasteiger partial charge in [0.2, 0.25) is 11.7 Å². The van der Waals surface area contributed by atoms with Crippen molar-refractivity contribution in [1.29, 1.82) is 0 Å². The number of aryl methyl sites for hydroxylation is 1. The summed E-state index contributed by atoms with van der Waals surface area (Å²) >= 11 is 0. The van der Waals surface area contributed by atoms with Crippen LogP contribution < -0.4 is 5.32 Å². The molecule has 0 aliphatic rings. The molecular formula is C30H29NO7. The Morgan fingerprint density at radius 3 is 2.05 bits per heavy atom. The lowest BCUT2D eigenvalue weighted by Gasteiger charge is -2.12. The first-order valence-corrected chi connectivity index (χ1v) is 12.2. The summed E-state index contributed by atoms with van der Waals surface area (Å²) in [6.45, 7) is 3.06. The maximum absolute atomic E-state index is 12.4. The van der Waals surface area contributed by atoms with E-state index in [1.807, 2.05) is 19.1 Å². The van der Waals surface area contributed by atoms with E-state index in [1.54, 1.807) is 54.6 Å². The van der Waals surface area contributed by atoms with Crippen LogP contribution in [0, 0.1) is 6.92 Å². The second-order valence-corrected chi connectivity index (χ2v) is 8.71. The van der Waals surface area contributed by atoms with Crippen molar-refractivity contribution in [2.24, 2.45) is 0 Å². The molecule has 0 heterocycles. The van der Waals surface area contributed by atoms with Gasteiger partial charge in [0.15, 0.2) is 18.5 Å². The number of carbonyl (C=O) groups excluding carboxylic acids is 5. The van der Waals surface area contributed by atoms with Crippen molar-refractivity contribution < 1.29 is 33.4 Å². The minimum atomic E-state index is -0.916. The minimum absolute atomic E-state index is 0.00851. The van der Waals surface area contributed by atoms with Gasteiger partial charge in [0.05, 0.1) is 5.56 Å². The van der Waals surface area contributed by atoms with Crippen LogP contribution in [0.3, 0.4) is 0 Å². The van der Waals surface area contributed by atoms with E-state index in [0.717, 1.165) is 5.56 Å². The number of carbonyl (C=O) groups is 5. The van der Waals surface area contributed by atoms with Crippen LogP contribution in [0.15, 0.2) is 78.9 Å². The molecule has 0 spiro atoms. The highest BCUT2D eigenvalue weighted by atomic mass is 16.5. The fourth-order valence-electron chi connectivity index (χ4n) is 3.49. The van der Waals surface area contributed by atoms with Gasteiger partial charge in [-0.05, 0) is 44.5 Å². The van der Waals surface area contributed by atoms with E-state index >= 15 is 0 Å². The number of esters is 2. The van der Waals surface area contributed by atoms with Crippen molar-refractivity contribution in [3.8, 4) is 0 Å². The van der Waals surface area contributed by atoms with E-state index in [1.165, 1.54) is 19.1 Å². The number of nitrogens with one attached hydrogen (secondary N) is 1. The molecule has 0 fully saturated rings. The lowest BCUT2D eigenvalue weighted by molar-refractivity contribution is -0.146. The fourth-order valence-corrected chi connectivity index (χ4v) is 3.49. The maximum Gasteiger partial charge on any atom is 0.338 e. The molecule has 1 atom stereocenters. The molecule has 0 saturated carbocycles. The highest BCUT2D eigenvalue weighted by Gasteiger charge is 2.19. The van der Waals surface area contributed by atoms with Crippen molar-refractivity contribution in [2.75, 3.05) is 11.9 Å². The summed E-state index contributed by atoms with van der Waals surface area (Å²) in [6, 6.07) is 21.6. The summed E-state index contributed by atoms with van der Waals surface area (Å²) in [6.07, 6.45) is -0.608. The monoisotopic (exact) mass is 515 g/mol. The predicted octanol–water partition coefficient (Wildman–Crippen LogP) is 4.96. The van der Waals surface area contributed by atoms with Gasteiger partial charge < -0.3 is 14.8 Å². The third-order valence-corrected chi connectivity index (χ3v) is 5.63. The van der Waals surface area contributed by atoms with Crippen LogP contribution in [-0.2, 0) is 19.1 Å². The quantitative estimate of drug-likeness (QED) is 0.268. The van der Waals surface area contributed by atoms with Gasteiger partial charge in [-0.2, -0.15) is 0 Å². The Labute approximate surface area is 221 Å². The molecule has 38 heavy (non-hydrogen) atoms. The van der Waals surface area contributed by atoms with Crippen LogP contribution in [0.1, 0.15) is 62.8 Å². The molecule has 0 bridgehead atoms. The average Bonchev–Trinajstić information content (AvgIpc) is 2.92. The summed E-state index contributed by atoms with van der Waals surface area (Å²) in [5.41, 5.74) is 2.65. The summed E-state index contributed by atoms with van der Waals surface area (Å²) in [5, 5.41) is 2.69. The van der Waals surface area contributed by atoms with Gasteiger partial charge in [-0.1, -0.05) is 60.2 Å². The van der Waals surface area contributed by atoms with Crippen molar-refractivity contribution in [3.63, 3.8) is 0 Å². The van der Waals surface area contributed by atoms with E-state index in [4.69, 9.17) is 9.47 Å². The van der Waals surface area contributed by atoms with Crippen LogP contribution in [0.4, 0.5) is 5.69 Å². The fraction of sp³-hybridized carbons (Fsp3) is 0.233. The summed E-state index contributed by atoms with van der Waals surface area (Å²) in [5.74, 6) is -2.12. The smallest absolute Gasteiger partial charge is 0.338 e. The van der Waals surface area contributed by atoms with Gasteiger partial charge >= 0.3 is 11.9 Å². The SMILES string of the molecule is Cc1ccc(C(=O)C(C)OC(=O)CCCC(=O)Nc2ccc(C(=O)OCC(=O)c3ccccc3)cc2)cc1. The molecule has 0 aliphatic heterocycles. The second kappa shape index (κ2) is 13.6. The first-order valence-electron chi connectivity index (χ1n) is 12.2. The summed E-state index contributed by atoms with van der Waals surface area (Å²) in [4.78, 5) is 61.0. The predicted molar refractivity (Wildman–Crippen MR) is 141 cm³/mol. The Morgan fingerprint density at radius 2 is 1.39 bits per heavy atom. The topological polar surface area (TPSA) is 116 Å². The zero-order valence-electron chi connectivity index (χ0n) is 21.3. The Morgan fingerprint density at radius 1 is 0.763 bits per heavy atom. The molecule has 0 saturated heterocycles. The number of benzene rings is 3. The van der Waals surface area contributed by atoms with Gasteiger partial charge in [-0.25, -0.2) is 4.79 Å². The van der Waals surface area contributed by atoms with E-state index in [0.29, 0.717) is 16.8 Å². The molecule has 8 heteroatoms. The lowest BCUT2D eigenvalue weighted by atomic mass is 10.1. The molecule has 8 nitrogen and oxygen atoms in total. The zero-order chi connectivity index (χ0) is 27.5. The standard InChI is InChI=1S/C30H29NO7/c1-20-11-13-23(14-12-20)29(35)21(2)38-28(34)10-6-9-27(33)31-25-17-15-24(16-18-25)30(36)37-19-26(32)22-7-4-3-5-8-22/h3-5,7-8,11-18,21H,6,9-10,19H2,1-2H3,(H,31,33). The van der Waals surface area contributed by atoms with Crippen LogP contribution >= 0.6 is 0 Å². The Hall–Kier alpha value is -4.59. The number of amides is 1. The van der Waals surface area contributed by atoms with Crippen LogP contribution in [0.25, 0.3) is 0 Å². The van der Waals surface area contributed by atoms with Crippen molar-refractivity contribution >= 4 is 35.1 Å². The van der Waals surface area contributed by atoms with Crippen molar-refractivity contribution in [3.05, 3.63) is 101 Å². The molecule has 0 aromatic heterocycles. The first kappa shape index (κ1) is 28.0. The number of ether oxygens (including phenoxy) is 2. The second-order valence-electron chi connectivity index (χ2n) is 8.71. The van der Waals surface area contributed by atoms with Crippen molar-refractivity contribution in [1.82, 2.24) is 0 Å². The number of rotatable bonds is 12. The van der Waals surface area contributed by atoms with E-state index < -0.39 is 18.0 Å². The van der Waals surface area contributed by atoms with Gasteiger partial charge in [0, 0.05) is 29.7 Å². The molecule has 1 N–H and O–H groups in total. The Kier molecular flexibility index (Phi) is 10.0. The number of anilines is 1. The maximum atomic E-state index is 12.4. The summed E-state index contributed by atoms with van der Waals surface area (Å²) in [7, 11) is 0. The largest absolute Gasteiger partial charge is 0.454 e. The van der Waals surface area contributed by atoms with Gasteiger partial charge in [0.1, 0.15) is 0 Å². The third-order valence-electron chi connectivity index (χ3n) is 5.63. The van der Waals surface area contributed by atoms with E-state index in [2.05, 4.69) is 5.32 Å². The summed E-state index contributed by atoms with van der Waals surface area (Å²) < 4.78 is 10.3. The number of hydrogen-bond donors (Lipinski definition) is 1. The molecule has 3 aromatic rings. The average molecular weight is 516 g/mol. The molecule has 0 aliphatic carbocycles. The van der Waals surface area contributed by atoms with E-state index in [-0.39, 0.29) is 48.9 Å². The molecule has 1 amide bonds. The number of Topliss-reactive ketones (excluding diaryl/α,β-unsaturated/α-hetero) is 2. The van der Waals surface area contributed by atoms with Gasteiger partial charge in [-0.3, -0.25) is 19.2 Å². The molecule has 0 radical (unpaired) electrons. The van der Waals surface area contributed by atoms with Crippen LogP contribution in [0.2, 0.25) is 0 Å². The third kappa shape index (κ3) is 8.51. The van der Waals surface area contributed by atoms with Gasteiger partial charge in [-0.15, -0.1) is 0 Å². The van der Waals surface area contributed by atoms with Crippen molar-refractivity contribution in [2.45, 2.75) is 39.2 Å². The molecule has 196 valence electrons. The Balaban J connectivity index is 1.37. The highest BCUT2D eigenvalue weighted by Crippen LogP contribution is 2.13. The number of hydrogen-bond acceptors (Lipinski definition) is 7. The van der Waals surface area contributed by atoms with Crippen LogP contribution in [0.5, 0.6) is 0 Å². The molecular weight excluding hydrogens is 486 g/mol. The van der Waals surface area contributed by atoms with Gasteiger partial charge in [0.25, 0.3) is 0 Å². The first-order chi connectivity index (χ1) is 18.2. The lowest BCUT2D eigenvalue weighted by Crippen LogP contribution is -2.24. The molecule has 3 rings (SSSR count). The molecule has 1 unspecified atom stereocenters.